The van der Waals surface area contributed by atoms with Crippen molar-refractivity contribution in [2.24, 2.45) is 5.41 Å². The molecule has 1 N–H and O–H groups in total. The molecule has 26 heavy (non-hydrogen) atoms. The van der Waals surface area contributed by atoms with Gasteiger partial charge in [0.25, 0.3) is 5.91 Å². The molecular formula is C19H23N5O2. The number of aromatic nitrogens is 3. The molecule has 2 amide bonds. The summed E-state index contributed by atoms with van der Waals surface area (Å²) in [5, 5.41) is 10.7. The Morgan fingerprint density at radius 3 is 2.46 bits per heavy atom. The molecule has 1 aromatic carbocycles. The lowest BCUT2D eigenvalue weighted by atomic mass is 9.93. The van der Waals surface area contributed by atoms with Crippen LogP contribution in [-0.4, -0.2) is 50.8 Å². The van der Waals surface area contributed by atoms with Crippen LogP contribution in [0.25, 0.3) is 5.69 Å². The average molecular weight is 353 g/mol. The van der Waals surface area contributed by atoms with Gasteiger partial charge in [0.1, 0.15) is 6.04 Å². The van der Waals surface area contributed by atoms with Gasteiger partial charge in [0.15, 0.2) is 5.69 Å². The number of nitrogens with one attached hydrogen (secondary N) is 1. The van der Waals surface area contributed by atoms with Crippen molar-refractivity contribution in [1.82, 2.24) is 25.2 Å². The van der Waals surface area contributed by atoms with Crippen LogP contribution in [0.1, 0.15) is 43.1 Å². The topological polar surface area (TPSA) is 80.1 Å². The first-order valence-corrected chi connectivity index (χ1v) is 9.14. The summed E-state index contributed by atoms with van der Waals surface area (Å²) in [5.74, 6) is -0.409. The Morgan fingerprint density at radius 2 is 1.81 bits per heavy atom. The van der Waals surface area contributed by atoms with E-state index in [4.69, 9.17) is 0 Å². The van der Waals surface area contributed by atoms with Crippen molar-refractivity contribution in [1.29, 1.82) is 0 Å². The zero-order valence-electron chi connectivity index (χ0n) is 14.9. The van der Waals surface area contributed by atoms with Gasteiger partial charge in [0.05, 0.1) is 11.9 Å². The predicted octanol–water partition coefficient (Wildman–Crippen LogP) is 1.79. The fourth-order valence-corrected chi connectivity index (χ4v) is 3.56. The molecule has 1 aromatic heterocycles. The molecule has 1 aliphatic carbocycles. The molecule has 1 aliphatic heterocycles. The number of rotatable bonds is 4. The Kier molecular flexibility index (Phi) is 4.22. The number of nitrogens with zero attached hydrogens (tertiary/aromatic N) is 4. The van der Waals surface area contributed by atoms with Crippen molar-refractivity contribution in [2.45, 2.75) is 38.6 Å². The summed E-state index contributed by atoms with van der Waals surface area (Å²) in [6.07, 6.45) is 6.35. The van der Waals surface area contributed by atoms with Crippen LogP contribution in [0.15, 0.2) is 36.5 Å². The first-order valence-electron chi connectivity index (χ1n) is 9.14. The average Bonchev–Trinajstić information content (AvgIpc) is 3.23. The minimum absolute atomic E-state index is 0.0238. The maximum Gasteiger partial charge on any atom is 0.274 e. The summed E-state index contributed by atoms with van der Waals surface area (Å²) in [6, 6.07) is 8.88. The summed E-state index contributed by atoms with van der Waals surface area (Å²) < 4.78 is 1.54. The Morgan fingerprint density at radius 1 is 1.12 bits per heavy atom. The summed E-state index contributed by atoms with van der Waals surface area (Å²) in [7, 11) is 0. The summed E-state index contributed by atoms with van der Waals surface area (Å²) in [5.41, 5.74) is 1.55. The van der Waals surface area contributed by atoms with Gasteiger partial charge in [-0.05, 0) is 50.2 Å². The van der Waals surface area contributed by atoms with Gasteiger partial charge in [-0.2, -0.15) is 0 Å². The molecule has 1 saturated heterocycles. The van der Waals surface area contributed by atoms with E-state index in [9.17, 15) is 9.59 Å². The Balaban J connectivity index is 1.35. The highest BCUT2D eigenvalue weighted by molar-refractivity contribution is 5.95. The van der Waals surface area contributed by atoms with Crippen molar-refractivity contribution in [2.75, 3.05) is 13.1 Å². The van der Waals surface area contributed by atoms with E-state index in [1.165, 1.54) is 12.8 Å². The second-order valence-electron chi connectivity index (χ2n) is 7.40. The minimum atomic E-state index is -0.572. The lowest BCUT2D eigenvalue weighted by molar-refractivity contribution is -0.134. The third kappa shape index (κ3) is 3.34. The molecule has 136 valence electrons. The smallest absolute Gasteiger partial charge is 0.274 e. The number of amides is 2. The lowest BCUT2D eigenvalue weighted by Crippen LogP contribution is -2.49. The Bertz CT molecular complexity index is 802. The number of piperidine rings is 1. The lowest BCUT2D eigenvalue weighted by Gasteiger charge is -2.33. The first-order chi connectivity index (χ1) is 12.6. The normalized spacial score (nSPS) is 19.2. The van der Waals surface area contributed by atoms with Gasteiger partial charge in [-0.25, -0.2) is 4.68 Å². The summed E-state index contributed by atoms with van der Waals surface area (Å²) in [6.45, 7) is 3.32. The van der Waals surface area contributed by atoms with Crippen LogP contribution in [-0.2, 0) is 4.79 Å². The number of hydrogen-bond acceptors (Lipinski definition) is 4. The van der Waals surface area contributed by atoms with Crippen LogP contribution in [0.3, 0.4) is 0 Å². The number of benzene rings is 1. The van der Waals surface area contributed by atoms with Gasteiger partial charge >= 0.3 is 0 Å². The highest BCUT2D eigenvalue weighted by Crippen LogP contribution is 2.53. The van der Waals surface area contributed by atoms with E-state index >= 15 is 0 Å². The van der Waals surface area contributed by atoms with Crippen molar-refractivity contribution in [3.63, 3.8) is 0 Å². The minimum Gasteiger partial charge on any atom is -0.341 e. The molecule has 0 radical (unpaired) electrons. The van der Waals surface area contributed by atoms with Gasteiger partial charge < -0.3 is 10.2 Å². The zero-order valence-corrected chi connectivity index (χ0v) is 14.9. The Labute approximate surface area is 152 Å². The third-order valence-electron chi connectivity index (χ3n) is 5.56. The molecule has 0 bridgehead atoms. The molecule has 1 unspecified atom stereocenters. The van der Waals surface area contributed by atoms with Gasteiger partial charge in [-0.15, -0.1) is 5.10 Å². The van der Waals surface area contributed by atoms with E-state index in [-0.39, 0.29) is 17.5 Å². The molecule has 2 fully saturated rings. The van der Waals surface area contributed by atoms with E-state index in [0.717, 1.165) is 31.6 Å². The molecule has 7 heteroatoms. The molecule has 4 rings (SSSR count). The number of carbonyl (C=O) groups excluding carboxylic acids is 2. The number of para-hydroxylation sites is 1. The van der Waals surface area contributed by atoms with E-state index in [0.29, 0.717) is 5.41 Å². The molecular weight excluding hydrogens is 330 g/mol. The SMILES string of the molecule is CC(NC(=O)c1cn(-c2ccccc2)nn1)C(=O)N1CCC2(CC1)CC2. The number of likely N-dealkylation sites (tertiary alicyclic amines) is 1. The monoisotopic (exact) mass is 353 g/mol. The molecule has 2 aliphatic rings. The third-order valence-corrected chi connectivity index (χ3v) is 5.56. The van der Waals surface area contributed by atoms with Crippen molar-refractivity contribution in [3.05, 3.63) is 42.2 Å². The second-order valence-corrected chi connectivity index (χ2v) is 7.40. The van der Waals surface area contributed by atoms with Crippen LogP contribution in [0.2, 0.25) is 0 Å². The number of carbonyl (C=O) groups is 2. The molecule has 1 spiro atoms. The molecule has 7 nitrogen and oxygen atoms in total. The van der Waals surface area contributed by atoms with E-state index in [1.54, 1.807) is 17.8 Å². The summed E-state index contributed by atoms with van der Waals surface area (Å²) in [4.78, 5) is 26.9. The van der Waals surface area contributed by atoms with E-state index < -0.39 is 6.04 Å². The maximum atomic E-state index is 12.6. The Hall–Kier alpha value is -2.70. The van der Waals surface area contributed by atoms with Gasteiger partial charge in [0.2, 0.25) is 5.91 Å². The molecule has 1 atom stereocenters. The van der Waals surface area contributed by atoms with Crippen LogP contribution in [0.5, 0.6) is 0 Å². The van der Waals surface area contributed by atoms with Crippen LogP contribution < -0.4 is 5.32 Å². The van der Waals surface area contributed by atoms with Crippen LogP contribution in [0.4, 0.5) is 0 Å². The van der Waals surface area contributed by atoms with Crippen LogP contribution >= 0.6 is 0 Å². The van der Waals surface area contributed by atoms with E-state index in [2.05, 4.69) is 15.6 Å². The quantitative estimate of drug-likeness (QED) is 0.909. The first kappa shape index (κ1) is 16.8. The molecule has 1 saturated carbocycles. The molecule has 2 heterocycles. The highest BCUT2D eigenvalue weighted by Gasteiger charge is 2.45. The van der Waals surface area contributed by atoms with Crippen molar-refractivity contribution in [3.8, 4) is 5.69 Å². The standard InChI is InChI=1S/C19H23N5O2/c1-14(18(26)23-11-9-19(7-8-19)10-12-23)20-17(25)16-13-24(22-21-16)15-5-3-2-4-6-15/h2-6,13-14H,7-12H2,1H3,(H,20,25). The largest absolute Gasteiger partial charge is 0.341 e. The van der Waals surface area contributed by atoms with Gasteiger partial charge in [-0.1, -0.05) is 23.4 Å². The van der Waals surface area contributed by atoms with Gasteiger partial charge in [0, 0.05) is 13.1 Å². The van der Waals surface area contributed by atoms with Crippen LogP contribution in [0, 0.1) is 5.41 Å². The fourth-order valence-electron chi connectivity index (χ4n) is 3.56. The number of hydrogen-bond donors (Lipinski definition) is 1. The second kappa shape index (κ2) is 6.55. The van der Waals surface area contributed by atoms with E-state index in [1.807, 2.05) is 35.2 Å². The zero-order chi connectivity index (χ0) is 18.1. The molecule has 2 aromatic rings. The fraction of sp³-hybridized carbons (Fsp3) is 0.474. The predicted molar refractivity (Wildman–Crippen MR) is 95.8 cm³/mol. The van der Waals surface area contributed by atoms with Gasteiger partial charge in [-0.3, -0.25) is 9.59 Å². The maximum absolute atomic E-state index is 12.6. The summed E-state index contributed by atoms with van der Waals surface area (Å²) >= 11 is 0. The highest BCUT2D eigenvalue weighted by atomic mass is 16.2. The van der Waals surface area contributed by atoms with Crippen molar-refractivity contribution >= 4 is 11.8 Å². The van der Waals surface area contributed by atoms with Crippen molar-refractivity contribution < 1.29 is 9.59 Å².